The Hall–Kier alpha value is -1.84. The number of unbranched alkanes of at least 4 members (excludes halogenated alkanes) is 5. The van der Waals surface area contributed by atoms with Gasteiger partial charge in [0.15, 0.2) is 0 Å². The molecule has 0 aliphatic heterocycles. The number of carbonyl (C=O) groups is 2. The van der Waals surface area contributed by atoms with Crippen LogP contribution in [0.1, 0.15) is 70.3 Å². The van der Waals surface area contributed by atoms with E-state index in [9.17, 15) is 9.59 Å². The predicted octanol–water partition coefficient (Wildman–Crippen LogP) is 4.85. The van der Waals surface area contributed by atoms with E-state index in [0.29, 0.717) is 13.2 Å². The van der Waals surface area contributed by atoms with Gasteiger partial charge in [-0.15, -0.1) is 0 Å². The Labute approximate surface area is 151 Å². The maximum Gasteiger partial charge on any atom is 0.306 e. The lowest BCUT2D eigenvalue weighted by Crippen LogP contribution is -2.11. The summed E-state index contributed by atoms with van der Waals surface area (Å²) in [5, 5.41) is 0. The Balaban J connectivity index is 1.93. The molecule has 1 aromatic rings. The molecule has 4 nitrogen and oxygen atoms in total. The molecule has 0 aliphatic carbocycles. The molecule has 0 aliphatic rings. The summed E-state index contributed by atoms with van der Waals surface area (Å²) in [7, 11) is 0. The van der Waals surface area contributed by atoms with Gasteiger partial charge in [-0.2, -0.15) is 0 Å². The van der Waals surface area contributed by atoms with Crippen LogP contribution in [0, 0.1) is 0 Å². The number of esters is 2. The monoisotopic (exact) mass is 348 g/mol. The van der Waals surface area contributed by atoms with Gasteiger partial charge in [0.1, 0.15) is 0 Å². The third-order valence-corrected chi connectivity index (χ3v) is 4.01. The number of ether oxygens (including phenoxy) is 2. The molecule has 0 heterocycles. The quantitative estimate of drug-likeness (QED) is 0.356. The Morgan fingerprint density at radius 2 is 1.32 bits per heavy atom. The fourth-order valence-corrected chi connectivity index (χ4v) is 2.52. The van der Waals surface area contributed by atoms with Crippen molar-refractivity contribution in [1.82, 2.24) is 0 Å². The standard InChI is InChI=1S/C21H32O4/c1-2-3-4-5-6-10-17-24-20(22)15-16-21(23)25-18-11-14-19-12-8-7-9-13-19/h7-9,12-13H,2-6,10-11,14-18H2,1H3. The highest BCUT2D eigenvalue weighted by Gasteiger charge is 2.09. The molecule has 0 aromatic heterocycles. The molecule has 1 aromatic carbocycles. The zero-order valence-corrected chi connectivity index (χ0v) is 15.5. The van der Waals surface area contributed by atoms with Crippen LogP contribution in [0.25, 0.3) is 0 Å². The molecule has 4 heteroatoms. The summed E-state index contributed by atoms with van der Waals surface area (Å²) < 4.78 is 10.3. The highest BCUT2D eigenvalue weighted by atomic mass is 16.5. The van der Waals surface area contributed by atoms with Crippen LogP contribution < -0.4 is 0 Å². The minimum Gasteiger partial charge on any atom is -0.466 e. The Morgan fingerprint density at radius 1 is 0.760 bits per heavy atom. The second-order valence-electron chi connectivity index (χ2n) is 6.30. The Bertz CT molecular complexity index is 470. The fraction of sp³-hybridized carbons (Fsp3) is 0.619. The van der Waals surface area contributed by atoms with Crippen molar-refractivity contribution in [2.24, 2.45) is 0 Å². The van der Waals surface area contributed by atoms with Crippen molar-refractivity contribution in [3.05, 3.63) is 35.9 Å². The van der Waals surface area contributed by atoms with Crippen molar-refractivity contribution < 1.29 is 19.1 Å². The zero-order valence-electron chi connectivity index (χ0n) is 15.5. The minimum absolute atomic E-state index is 0.0979. The van der Waals surface area contributed by atoms with Crippen molar-refractivity contribution >= 4 is 11.9 Å². The van der Waals surface area contributed by atoms with Crippen LogP contribution in [0.4, 0.5) is 0 Å². The molecule has 0 atom stereocenters. The van der Waals surface area contributed by atoms with E-state index in [-0.39, 0.29) is 24.8 Å². The van der Waals surface area contributed by atoms with Crippen molar-refractivity contribution in [1.29, 1.82) is 0 Å². The minimum atomic E-state index is -0.329. The first-order chi connectivity index (χ1) is 12.2. The van der Waals surface area contributed by atoms with Gasteiger partial charge < -0.3 is 9.47 Å². The largest absolute Gasteiger partial charge is 0.466 e. The third-order valence-electron chi connectivity index (χ3n) is 4.01. The highest BCUT2D eigenvalue weighted by molar-refractivity contribution is 5.77. The van der Waals surface area contributed by atoms with Gasteiger partial charge >= 0.3 is 11.9 Å². The second kappa shape index (κ2) is 14.5. The molecule has 0 radical (unpaired) electrons. The maximum absolute atomic E-state index is 11.6. The summed E-state index contributed by atoms with van der Waals surface area (Å²) >= 11 is 0. The number of hydrogen-bond donors (Lipinski definition) is 0. The van der Waals surface area contributed by atoms with E-state index in [2.05, 4.69) is 19.1 Å². The summed E-state index contributed by atoms with van der Waals surface area (Å²) in [6.45, 7) is 3.04. The van der Waals surface area contributed by atoms with Crippen LogP contribution in [-0.4, -0.2) is 25.2 Å². The zero-order chi connectivity index (χ0) is 18.2. The topological polar surface area (TPSA) is 52.6 Å². The third kappa shape index (κ3) is 12.2. The van der Waals surface area contributed by atoms with Gasteiger partial charge in [0.05, 0.1) is 26.1 Å². The smallest absolute Gasteiger partial charge is 0.306 e. The number of benzene rings is 1. The average molecular weight is 348 g/mol. The van der Waals surface area contributed by atoms with Crippen molar-refractivity contribution in [2.75, 3.05) is 13.2 Å². The van der Waals surface area contributed by atoms with Gasteiger partial charge in [0, 0.05) is 0 Å². The molecule has 0 amide bonds. The molecule has 25 heavy (non-hydrogen) atoms. The van der Waals surface area contributed by atoms with E-state index in [1.165, 1.54) is 31.2 Å². The normalized spacial score (nSPS) is 10.4. The van der Waals surface area contributed by atoms with Gasteiger partial charge in [-0.3, -0.25) is 9.59 Å². The van der Waals surface area contributed by atoms with Crippen LogP contribution in [-0.2, 0) is 25.5 Å². The van der Waals surface area contributed by atoms with Crippen LogP contribution in [0.15, 0.2) is 30.3 Å². The molecule has 0 bridgehead atoms. The summed E-state index contributed by atoms with van der Waals surface area (Å²) in [5.41, 5.74) is 1.23. The van der Waals surface area contributed by atoms with Gasteiger partial charge in [-0.25, -0.2) is 0 Å². The molecular weight excluding hydrogens is 316 g/mol. The van der Waals surface area contributed by atoms with Crippen LogP contribution in [0.5, 0.6) is 0 Å². The van der Waals surface area contributed by atoms with Gasteiger partial charge in [0.2, 0.25) is 0 Å². The number of hydrogen-bond acceptors (Lipinski definition) is 4. The molecule has 1 rings (SSSR count). The Kier molecular flexibility index (Phi) is 12.3. The summed E-state index contributed by atoms with van der Waals surface area (Å²) in [6, 6.07) is 10.1. The van der Waals surface area contributed by atoms with E-state index in [0.717, 1.165) is 25.7 Å². The second-order valence-corrected chi connectivity index (χ2v) is 6.30. The lowest BCUT2D eigenvalue weighted by atomic mass is 10.1. The van der Waals surface area contributed by atoms with Gasteiger partial charge in [-0.1, -0.05) is 69.4 Å². The molecule has 0 saturated heterocycles. The SMILES string of the molecule is CCCCCCCCOC(=O)CCC(=O)OCCCc1ccccc1. The Morgan fingerprint density at radius 3 is 1.96 bits per heavy atom. The summed E-state index contributed by atoms with van der Waals surface area (Å²) in [6.07, 6.45) is 8.82. The average Bonchev–Trinajstić information content (AvgIpc) is 2.63. The lowest BCUT2D eigenvalue weighted by molar-refractivity contribution is -0.150. The van der Waals surface area contributed by atoms with Gasteiger partial charge in [0.25, 0.3) is 0 Å². The summed E-state index contributed by atoms with van der Waals surface area (Å²) in [4.78, 5) is 23.2. The van der Waals surface area contributed by atoms with E-state index in [1.54, 1.807) is 0 Å². The number of carbonyl (C=O) groups excluding carboxylic acids is 2. The first-order valence-electron chi connectivity index (χ1n) is 9.57. The highest BCUT2D eigenvalue weighted by Crippen LogP contribution is 2.06. The number of aryl methyl sites for hydroxylation is 1. The molecule has 140 valence electrons. The maximum atomic E-state index is 11.6. The van der Waals surface area contributed by atoms with E-state index >= 15 is 0 Å². The molecule has 0 fully saturated rings. The van der Waals surface area contributed by atoms with Crippen LogP contribution in [0.3, 0.4) is 0 Å². The van der Waals surface area contributed by atoms with Crippen LogP contribution >= 0.6 is 0 Å². The van der Waals surface area contributed by atoms with Crippen LogP contribution in [0.2, 0.25) is 0 Å². The first kappa shape index (κ1) is 21.2. The fourth-order valence-electron chi connectivity index (χ4n) is 2.52. The van der Waals surface area contributed by atoms with Crippen molar-refractivity contribution in [3.8, 4) is 0 Å². The number of rotatable bonds is 14. The van der Waals surface area contributed by atoms with Crippen molar-refractivity contribution in [2.45, 2.75) is 71.1 Å². The lowest BCUT2D eigenvalue weighted by Gasteiger charge is -2.06. The van der Waals surface area contributed by atoms with E-state index < -0.39 is 0 Å². The summed E-state index contributed by atoms with van der Waals surface area (Å²) in [5.74, 6) is -0.639. The first-order valence-corrected chi connectivity index (χ1v) is 9.57. The molecule has 0 spiro atoms. The van der Waals surface area contributed by atoms with Crippen molar-refractivity contribution in [3.63, 3.8) is 0 Å². The van der Waals surface area contributed by atoms with E-state index in [1.807, 2.05) is 18.2 Å². The molecule has 0 N–H and O–H groups in total. The molecule has 0 unspecified atom stereocenters. The molecule has 0 saturated carbocycles. The van der Waals surface area contributed by atoms with Gasteiger partial charge in [-0.05, 0) is 24.8 Å². The predicted molar refractivity (Wildman–Crippen MR) is 99.3 cm³/mol. The molecular formula is C21H32O4. The van der Waals surface area contributed by atoms with E-state index in [4.69, 9.17) is 9.47 Å².